The number of nitrogens with zero attached hydrogens (tertiary/aromatic N) is 4. The van der Waals surface area contributed by atoms with Gasteiger partial charge in [-0.15, -0.1) is 0 Å². The number of rotatable bonds is 1. The van der Waals surface area contributed by atoms with Crippen molar-refractivity contribution < 1.29 is 0 Å². The van der Waals surface area contributed by atoms with Crippen LogP contribution in [0.15, 0.2) is 42.9 Å². The molecule has 4 aromatic rings. The molecule has 0 amide bonds. The molecule has 0 radical (unpaired) electrons. The van der Waals surface area contributed by atoms with Crippen molar-refractivity contribution in [3.63, 3.8) is 0 Å². The molecule has 1 aliphatic rings. The van der Waals surface area contributed by atoms with Gasteiger partial charge in [-0.25, -0.2) is 9.97 Å². The number of anilines is 1. The Hall–Kier alpha value is -2.99. The molecule has 0 bridgehead atoms. The van der Waals surface area contributed by atoms with Crippen LogP contribution in [0.4, 0.5) is 5.82 Å². The number of nitrogen functional groups attached to an aromatic ring is 1. The Balaban J connectivity index is 1.85. The molecule has 1 unspecified atom stereocenters. The Labute approximate surface area is 144 Å². The van der Waals surface area contributed by atoms with Crippen molar-refractivity contribution in [2.75, 3.05) is 5.73 Å². The molecule has 0 saturated heterocycles. The van der Waals surface area contributed by atoms with E-state index in [-0.39, 0.29) is 6.04 Å². The van der Waals surface area contributed by atoms with Crippen LogP contribution in [0.5, 0.6) is 0 Å². The van der Waals surface area contributed by atoms with Crippen LogP contribution in [0, 0.1) is 0 Å². The Morgan fingerprint density at radius 1 is 1.12 bits per heavy atom. The van der Waals surface area contributed by atoms with Crippen molar-refractivity contribution in [2.45, 2.75) is 25.4 Å². The molecule has 0 spiro atoms. The molecule has 0 saturated carbocycles. The Morgan fingerprint density at radius 3 is 2.92 bits per heavy atom. The summed E-state index contributed by atoms with van der Waals surface area (Å²) in [7, 11) is 0. The predicted molar refractivity (Wildman–Crippen MR) is 99.0 cm³/mol. The lowest BCUT2D eigenvalue weighted by Crippen LogP contribution is -2.31. The lowest BCUT2D eigenvalue weighted by Gasteiger charge is -2.22. The molecule has 6 nitrogen and oxygen atoms in total. The zero-order chi connectivity index (χ0) is 17.0. The maximum absolute atomic E-state index is 6.24. The van der Waals surface area contributed by atoms with Crippen LogP contribution in [0.2, 0.25) is 0 Å². The maximum atomic E-state index is 6.24. The molecule has 4 N–H and O–H groups in total. The summed E-state index contributed by atoms with van der Waals surface area (Å²) in [4.78, 5) is 13.3. The van der Waals surface area contributed by atoms with E-state index in [0.29, 0.717) is 5.82 Å². The summed E-state index contributed by atoms with van der Waals surface area (Å²) in [6.45, 7) is 0.753. The smallest absolute Gasteiger partial charge is 0.146 e. The lowest BCUT2D eigenvalue weighted by atomic mass is 9.98. The number of benzene rings is 1. The monoisotopic (exact) mass is 330 g/mol. The summed E-state index contributed by atoms with van der Waals surface area (Å²) in [5, 5.41) is 2.01. The van der Waals surface area contributed by atoms with Gasteiger partial charge in [0.25, 0.3) is 0 Å². The minimum absolute atomic E-state index is 0.141. The average Bonchev–Trinajstić information content (AvgIpc) is 2.96. The van der Waals surface area contributed by atoms with E-state index < -0.39 is 0 Å². The Bertz CT molecular complexity index is 1110. The average molecular weight is 330 g/mol. The van der Waals surface area contributed by atoms with Crippen molar-refractivity contribution in [3.05, 3.63) is 48.5 Å². The molecule has 5 rings (SSSR count). The predicted octanol–water partition coefficient (Wildman–Crippen LogP) is 2.50. The van der Waals surface area contributed by atoms with Crippen molar-refractivity contribution >= 4 is 27.8 Å². The second-order valence-electron chi connectivity index (χ2n) is 6.61. The van der Waals surface area contributed by atoms with Crippen LogP contribution >= 0.6 is 0 Å². The molecule has 4 heterocycles. The first-order valence-corrected chi connectivity index (χ1v) is 8.44. The third kappa shape index (κ3) is 2.11. The Kier molecular flexibility index (Phi) is 3.02. The Morgan fingerprint density at radius 2 is 2.00 bits per heavy atom. The van der Waals surface area contributed by atoms with Crippen molar-refractivity contribution in [1.29, 1.82) is 0 Å². The third-order valence-electron chi connectivity index (χ3n) is 5.02. The van der Waals surface area contributed by atoms with Gasteiger partial charge in [0, 0.05) is 41.0 Å². The first-order valence-electron chi connectivity index (χ1n) is 8.44. The topological polar surface area (TPSA) is 95.6 Å². The molecule has 1 aromatic carbocycles. The van der Waals surface area contributed by atoms with Gasteiger partial charge < -0.3 is 16.0 Å². The molecule has 124 valence electrons. The molecule has 1 aliphatic heterocycles. The molecule has 0 aliphatic carbocycles. The largest absolute Gasteiger partial charge is 0.383 e. The molecule has 3 aromatic heterocycles. The van der Waals surface area contributed by atoms with Crippen molar-refractivity contribution in [2.24, 2.45) is 5.73 Å². The number of para-hydroxylation sites is 1. The SMILES string of the molecule is Nc1ncnc2c1c(-c1cnc3ccccc3c1)c1n2CC(N)CC1. The van der Waals surface area contributed by atoms with E-state index in [1.807, 2.05) is 24.4 Å². The van der Waals surface area contributed by atoms with E-state index in [9.17, 15) is 0 Å². The standard InChI is InChI=1S/C19H18N6/c20-13-5-6-15-16(12-7-11-3-1-2-4-14(11)22-8-12)17-18(21)23-10-24-19(17)25(15)9-13/h1-4,7-8,10,13H,5-6,9,20H2,(H2,21,23,24). The summed E-state index contributed by atoms with van der Waals surface area (Å²) in [6.07, 6.45) is 5.29. The number of hydrogen-bond acceptors (Lipinski definition) is 5. The highest BCUT2D eigenvalue weighted by atomic mass is 15.1. The first kappa shape index (κ1) is 14.4. The molecule has 6 heteroatoms. The number of fused-ring (bicyclic) bond motifs is 4. The van der Waals surface area contributed by atoms with Crippen LogP contribution in [0.1, 0.15) is 12.1 Å². The van der Waals surface area contributed by atoms with Crippen LogP contribution in [0.3, 0.4) is 0 Å². The number of nitrogens with two attached hydrogens (primary N) is 2. The van der Waals surface area contributed by atoms with Gasteiger partial charge in [-0.05, 0) is 25.0 Å². The van der Waals surface area contributed by atoms with E-state index in [4.69, 9.17) is 11.5 Å². The first-order chi connectivity index (χ1) is 12.2. The quantitative estimate of drug-likeness (QED) is 0.559. The van der Waals surface area contributed by atoms with E-state index in [2.05, 4.69) is 31.7 Å². The van der Waals surface area contributed by atoms with Gasteiger partial charge in [0.1, 0.15) is 17.8 Å². The van der Waals surface area contributed by atoms with Crippen LogP contribution < -0.4 is 11.5 Å². The van der Waals surface area contributed by atoms with Gasteiger partial charge in [-0.3, -0.25) is 4.98 Å². The van der Waals surface area contributed by atoms with Crippen LogP contribution in [-0.2, 0) is 13.0 Å². The van der Waals surface area contributed by atoms with Crippen LogP contribution in [0.25, 0.3) is 33.1 Å². The zero-order valence-electron chi connectivity index (χ0n) is 13.7. The number of hydrogen-bond donors (Lipinski definition) is 2. The molecule has 25 heavy (non-hydrogen) atoms. The van der Waals surface area contributed by atoms with Crippen LogP contribution in [-0.4, -0.2) is 25.6 Å². The fourth-order valence-corrected chi connectivity index (χ4v) is 3.86. The lowest BCUT2D eigenvalue weighted by molar-refractivity contribution is 0.469. The number of pyridine rings is 1. The minimum atomic E-state index is 0.141. The normalized spacial score (nSPS) is 17.1. The second-order valence-corrected chi connectivity index (χ2v) is 6.61. The van der Waals surface area contributed by atoms with Gasteiger partial charge in [0.15, 0.2) is 0 Å². The summed E-state index contributed by atoms with van der Waals surface area (Å²) in [5.41, 5.74) is 17.6. The summed E-state index contributed by atoms with van der Waals surface area (Å²) in [6, 6.07) is 10.4. The fraction of sp³-hybridized carbons (Fsp3) is 0.211. The van der Waals surface area contributed by atoms with Gasteiger partial charge in [0.2, 0.25) is 0 Å². The van der Waals surface area contributed by atoms with Gasteiger partial charge in [-0.1, -0.05) is 18.2 Å². The fourth-order valence-electron chi connectivity index (χ4n) is 3.86. The summed E-state index contributed by atoms with van der Waals surface area (Å²) >= 11 is 0. The number of aromatic nitrogens is 4. The van der Waals surface area contributed by atoms with Gasteiger partial charge in [0.05, 0.1) is 10.9 Å². The van der Waals surface area contributed by atoms with Gasteiger partial charge >= 0.3 is 0 Å². The van der Waals surface area contributed by atoms with E-state index in [1.54, 1.807) is 0 Å². The van der Waals surface area contributed by atoms with Gasteiger partial charge in [-0.2, -0.15) is 0 Å². The molecule has 1 atom stereocenters. The van der Waals surface area contributed by atoms with E-state index >= 15 is 0 Å². The highest BCUT2D eigenvalue weighted by molar-refractivity contribution is 6.03. The van der Waals surface area contributed by atoms with Crippen molar-refractivity contribution in [3.8, 4) is 11.1 Å². The second kappa shape index (κ2) is 5.26. The van der Waals surface area contributed by atoms with Crippen molar-refractivity contribution in [1.82, 2.24) is 19.5 Å². The van der Waals surface area contributed by atoms with E-state index in [0.717, 1.165) is 52.4 Å². The summed E-state index contributed by atoms with van der Waals surface area (Å²) < 4.78 is 2.20. The van der Waals surface area contributed by atoms with E-state index in [1.165, 1.54) is 12.0 Å². The molecular formula is C19H18N6. The molecule has 0 fully saturated rings. The molecular weight excluding hydrogens is 312 g/mol. The minimum Gasteiger partial charge on any atom is -0.383 e. The maximum Gasteiger partial charge on any atom is 0.146 e. The third-order valence-corrected chi connectivity index (χ3v) is 5.02. The highest BCUT2D eigenvalue weighted by Crippen LogP contribution is 2.39. The summed E-state index contributed by atoms with van der Waals surface area (Å²) in [5.74, 6) is 0.503. The highest BCUT2D eigenvalue weighted by Gasteiger charge is 2.26. The zero-order valence-corrected chi connectivity index (χ0v) is 13.7.